The van der Waals surface area contributed by atoms with Gasteiger partial charge in [-0.2, -0.15) is 0 Å². The first-order chi connectivity index (χ1) is 14.6. The summed E-state index contributed by atoms with van der Waals surface area (Å²) in [5.74, 6) is 1.62. The molecule has 1 saturated heterocycles. The molecule has 3 rings (SSSR count). The summed E-state index contributed by atoms with van der Waals surface area (Å²) in [6, 6.07) is 3.67. The number of amides is 1. The number of ether oxygens (including phenoxy) is 3. The first-order valence-corrected chi connectivity index (χ1v) is 11.1. The molecule has 0 atom stereocenters. The van der Waals surface area contributed by atoms with Crippen LogP contribution in [0, 0.1) is 0 Å². The fourth-order valence-electron chi connectivity index (χ4n) is 4.86. The number of rotatable bonds is 8. The molecule has 0 bridgehead atoms. The van der Waals surface area contributed by atoms with Crippen LogP contribution < -0.4 is 19.5 Å². The predicted molar refractivity (Wildman–Crippen MR) is 119 cm³/mol. The van der Waals surface area contributed by atoms with Gasteiger partial charge >= 0.3 is 0 Å². The van der Waals surface area contributed by atoms with Crippen molar-refractivity contribution in [2.45, 2.75) is 56.9 Å². The van der Waals surface area contributed by atoms with E-state index in [1.54, 1.807) is 33.5 Å². The summed E-state index contributed by atoms with van der Waals surface area (Å²) in [7, 11) is 4.75. The van der Waals surface area contributed by atoms with Crippen molar-refractivity contribution in [2.75, 3.05) is 41.0 Å². The lowest BCUT2D eigenvalue weighted by Gasteiger charge is -2.48. The minimum Gasteiger partial charge on any atom is -0.493 e. The van der Waals surface area contributed by atoms with Gasteiger partial charge in [-0.25, -0.2) is 0 Å². The largest absolute Gasteiger partial charge is 0.493 e. The second-order valence-electron chi connectivity index (χ2n) is 8.34. The van der Waals surface area contributed by atoms with Crippen LogP contribution in [0.2, 0.25) is 0 Å². The fourth-order valence-corrected chi connectivity index (χ4v) is 4.86. The van der Waals surface area contributed by atoms with Crippen LogP contribution in [0.4, 0.5) is 0 Å². The lowest BCUT2D eigenvalue weighted by atomic mass is 9.79. The van der Waals surface area contributed by atoms with Crippen LogP contribution in [-0.4, -0.2) is 57.3 Å². The monoisotopic (exact) mass is 416 g/mol. The smallest absolute Gasteiger partial charge is 0.244 e. The van der Waals surface area contributed by atoms with Gasteiger partial charge in [0, 0.05) is 18.2 Å². The highest BCUT2D eigenvalue weighted by molar-refractivity contribution is 5.92. The van der Waals surface area contributed by atoms with Crippen LogP contribution in [0.15, 0.2) is 18.2 Å². The molecule has 6 nitrogen and oxygen atoms in total. The lowest BCUT2D eigenvalue weighted by Crippen LogP contribution is -2.58. The Bertz CT molecular complexity index is 710. The second kappa shape index (κ2) is 10.7. The van der Waals surface area contributed by atoms with Crippen LogP contribution in [0.5, 0.6) is 17.2 Å². The first kappa shape index (κ1) is 22.5. The molecule has 0 unspecified atom stereocenters. The highest BCUT2D eigenvalue weighted by atomic mass is 16.5. The summed E-state index contributed by atoms with van der Waals surface area (Å²) < 4.78 is 16.1. The number of hydrogen-bond acceptors (Lipinski definition) is 5. The number of methoxy groups -OCH3 is 3. The Balaban J connectivity index is 1.66. The van der Waals surface area contributed by atoms with Gasteiger partial charge in [-0.05, 0) is 62.5 Å². The Hall–Kier alpha value is -2.21. The Labute approximate surface area is 180 Å². The average molecular weight is 417 g/mol. The number of carbonyl (C=O) groups is 1. The molecule has 1 aromatic carbocycles. The van der Waals surface area contributed by atoms with Crippen molar-refractivity contribution in [2.24, 2.45) is 0 Å². The third-order valence-electron chi connectivity index (χ3n) is 6.52. The van der Waals surface area contributed by atoms with Crippen molar-refractivity contribution in [3.8, 4) is 17.2 Å². The highest BCUT2D eigenvalue weighted by Crippen LogP contribution is 2.38. The molecule has 166 valence electrons. The molecule has 2 fully saturated rings. The molecule has 1 N–H and O–H groups in total. The molecule has 30 heavy (non-hydrogen) atoms. The maximum atomic E-state index is 12.6. The molecule has 0 radical (unpaired) electrons. The average Bonchev–Trinajstić information content (AvgIpc) is 2.81. The Morgan fingerprint density at radius 3 is 2.13 bits per heavy atom. The standard InChI is InChI=1S/C24H36N2O4/c1-28-20-16-19(17-21(29-2)23(20)30-3)10-11-22(27)25-18-24(12-6-4-7-13-24)26-14-8-5-9-15-26/h10-11,16-17H,4-9,12-15,18H2,1-3H3,(H,25,27)/b11-10+. The minimum atomic E-state index is -0.0642. The van der Waals surface area contributed by atoms with Gasteiger partial charge in [-0.15, -0.1) is 0 Å². The van der Waals surface area contributed by atoms with E-state index in [4.69, 9.17) is 14.2 Å². The van der Waals surface area contributed by atoms with Crippen molar-refractivity contribution in [1.29, 1.82) is 0 Å². The van der Waals surface area contributed by atoms with Gasteiger partial charge < -0.3 is 19.5 Å². The number of nitrogens with one attached hydrogen (secondary N) is 1. The summed E-state index contributed by atoms with van der Waals surface area (Å²) in [6.07, 6.45) is 13.4. The molecule has 1 aliphatic heterocycles. The summed E-state index contributed by atoms with van der Waals surface area (Å²) in [5.41, 5.74) is 0.956. The molecular formula is C24H36N2O4. The second-order valence-corrected chi connectivity index (χ2v) is 8.34. The summed E-state index contributed by atoms with van der Waals surface area (Å²) in [5, 5.41) is 3.19. The predicted octanol–water partition coefficient (Wildman–Crippen LogP) is 4.03. The maximum absolute atomic E-state index is 12.6. The number of piperidine rings is 1. The van der Waals surface area contributed by atoms with E-state index in [2.05, 4.69) is 10.2 Å². The third kappa shape index (κ3) is 5.28. The number of hydrogen-bond donors (Lipinski definition) is 1. The van der Waals surface area contributed by atoms with Crippen molar-refractivity contribution >= 4 is 12.0 Å². The number of benzene rings is 1. The van der Waals surface area contributed by atoms with E-state index in [0.29, 0.717) is 17.2 Å². The van der Waals surface area contributed by atoms with Crippen LogP contribution in [0.3, 0.4) is 0 Å². The molecule has 1 saturated carbocycles. The maximum Gasteiger partial charge on any atom is 0.244 e. The van der Waals surface area contributed by atoms with Crippen molar-refractivity contribution in [3.63, 3.8) is 0 Å². The number of likely N-dealkylation sites (tertiary alicyclic amines) is 1. The topological polar surface area (TPSA) is 60.0 Å². The molecule has 2 aliphatic rings. The van der Waals surface area contributed by atoms with Gasteiger partial charge in [0.05, 0.1) is 21.3 Å². The fraction of sp³-hybridized carbons (Fsp3) is 0.625. The molecular weight excluding hydrogens is 380 g/mol. The van der Waals surface area contributed by atoms with E-state index in [-0.39, 0.29) is 11.4 Å². The number of carbonyl (C=O) groups excluding carboxylic acids is 1. The summed E-state index contributed by atoms with van der Waals surface area (Å²) in [6.45, 7) is 3.06. The SMILES string of the molecule is COc1cc(/C=C/C(=O)NCC2(N3CCCCC3)CCCCC2)cc(OC)c1OC. The van der Waals surface area contributed by atoms with E-state index in [9.17, 15) is 4.79 Å². The zero-order chi connectivity index (χ0) is 21.4. The van der Waals surface area contributed by atoms with Gasteiger partial charge in [-0.3, -0.25) is 9.69 Å². The molecule has 0 aromatic heterocycles. The normalized spacial score (nSPS) is 19.4. The molecule has 1 amide bonds. The van der Waals surface area contributed by atoms with Gasteiger partial charge in [0.2, 0.25) is 11.7 Å². The van der Waals surface area contributed by atoms with Crippen molar-refractivity contribution < 1.29 is 19.0 Å². The van der Waals surface area contributed by atoms with Crippen LogP contribution in [-0.2, 0) is 4.79 Å². The summed E-state index contributed by atoms with van der Waals surface area (Å²) >= 11 is 0. The van der Waals surface area contributed by atoms with E-state index < -0.39 is 0 Å². The molecule has 6 heteroatoms. The number of nitrogens with zero attached hydrogens (tertiary/aromatic N) is 1. The Morgan fingerprint density at radius 2 is 1.57 bits per heavy atom. The van der Waals surface area contributed by atoms with Crippen molar-refractivity contribution in [1.82, 2.24) is 10.2 Å². The van der Waals surface area contributed by atoms with Gasteiger partial charge in [-0.1, -0.05) is 25.7 Å². The van der Waals surface area contributed by atoms with Crippen LogP contribution in [0.25, 0.3) is 6.08 Å². The van der Waals surface area contributed by atoms with E-state index in [1.807, 2.05) is 12.1 Å². The molecule has 1 aromatic rings. The molecule has 1 heterocycles. The van der Waals surface area contributed by atoms with Gasteiger partial charge in [0.25, 0.3) is 0 Å². The Kier molecular flexibility index (Phi) is 8.02. The Morgan fingerprint density at radius 1 is 0.967 bits per heavy atom. The van der Waals surface area contributed by atoms with Crippen LogP contribution >= 0.6 is 0 Å². The van der Waals surface area contributed by atoms with E-state index >= 15 is 0 Å². The van der Waals surface area contributed by atoms with Crippen LogP contribution in [0.1, 0.15) is 56.9 Å². The first-order valence-electron chi connectivity index (χ1n) is 11.1. The third-order valence-corrected chi connectivity index (χ3v) is 6.52. The highest BCUT2D eigenvalue weighted by Gasteiger charge is 2.38. The van der Waals surface area contributed by atoms with E-state index in [0.717, 1.165) is 25.2 Å². The molecule has 0 spiro atoms. The quantitative estimate of drug-likeness (QED) is 0.649. The zero-order valence-corrected chi connectivity index (χ0v) is 18.7. The van der Waals surface area contributed by atoms with E-state index in [1.165, 1.54) is 51.4 Å². The summed E-state index contributed by atoms with van der Waals surface area (Å²) in [4.78, 5) is 15.3. The van der Waals surface area contributed by atoms with Crippen molar-refractivity contribution in [3.05, 3.63) is 23.8 Å². The van der Waals surface area contributed by atoms with Gasteiger partial charge in [0.15, 0.2) is 11.5 Å². The lowest BCUT2D eigenvalue weighted by molar-refractivity contribution is -0.117. The minimum absolute atomic E-state index is 0.0642. The molecule has 1 aliphatic carbocycles. The zero-order valence-electron chi connectivity index (χ0n) is 18.7. The van der Waals surface area contributed by atoms with Gasteiger partial charge in [0.1, 0.15) is 0 Å².